The van der Waals surface area contributed by atoms with Crippen molar-refractivity contribution < 1.29 is 23.1 Å². The van der Waals surface area contributed by atoms with Gasteiger partial charge in [0.2, 0.25) is 0 Å². The standard InChI is InChI=1S/C11H15O5P/c1-14-11(12)10(16-17(3,13)15-2)9-7-5-4-6-8-9/h4-8,10H,1-3H3/t10-,17?/m0/s1. The van der Waals surface area contributed by atoms with Crippen LogP contribution in [0.2, 0.25) is 0 Å². The van der Waals surface area contributed by atoms with Crippen molar-refractivity contribution in [3.05, 3.63) is 35.9 Å². The third kappa shape index (κ3) is 3.97. The molecule has 1 rings (SSSR count). The lowest BCUT2D eigenvalue weighted by Crippen LogP contribution is -2.16. The van der Waals surface area contributed by atoms with E-state index in [-0.39, 0.29) is 0 Å². The Morgan fingerprint density at radius 3 is 2.29 bits per heavy atom. The van der Waals surface area contributed by atoms with E-state index in [1.54, 1.807) is 30.3 Å². The number of hydrogen-bond acceptors (Lipinski definition) is 5. The van der Waals surface area contributed by atoms with Crippen LogP contribution in [-0.4, -0.2) is 26.9 Å². The Balaban J connectivity index is 2.98. The van der Waals surface area contributed by atoms with Crippen LogP contribution in [0, 0.1) is 0 Å². The van der Waals surface area contributed by atoms with Gasteiger partial charge in [-0.1, -0.05) is 30.3 Å². The highest BCUT2D eigenvalue weighted by atomic mass is 31.2. The zero-order chi connectivity index (χ0) is 12.9. The van der Waals surface area contributed by atoms with E-state index >= 15 is 0 Å². The molecule has 0 heterocycles. The van der Waals surface area contributed by atoms with E-state index < -0.39 is 19.7 Å². The number of carbonyl (C=O) groups is 1. The molecule has 0 aliphatic rings. The summed E-state index contributed by atoms with van der Waals surface area (Å²) < 4.78 is 26.2. The minimum absolute atomic E-state index is 0.568. The van der Waals surface area contributed by atoms with Crippen molar-refractivity contribution >= 4 is 13.6 Å². The van der Waals surface area contributed by atoms with Crippen molar-refractivity contribution in [3.8, 4) is 0 Å². The largest absolute Gasteiger partial charge is 0.467 e. The lowest BCUT2D eigenvalue weighted by atomic mass is 10.1. The number of hydrogen-bond donors (Lipinski definition) is 0. The summed E-state index contributed by atoms with van der Waals surface area (Å²) in [6.45, 7) is 1.30. The zero-order valence-corrected chi connectivity index (χ0v) is 10.8. The minimum Gasteiger partial charge on any atom is -0.467 e. The van der Waals surface area contributed by atoms with Gasteiger partial charge < -0.3 is 9.26 Å². The molecule has 0 amide bonds. The first kappa shape index (κ1) is 13.9. The second-order valence-corrected chi connectivity index (χ2v) is 5.49. The Kier molecular flexibility index (Phi) is 4.87. The third-order valence-corrected chi connectivity index (χ3v) is 3.40. The molecule has 0 aliphatic heterocycles. The summed E-state index contributed by atoms with van der Waals surface area (Å²) in [5.41, 5.74) is 0.568. The first-order valence-electron chi connectivity index (χ1n) is 4.94. The van der Waals surface area contributed by atoms with E-state index in [2.05, 4.69) is 4.74 Å². The maximum Gasteiger partial charge on any atom is 0.340 e. The highest BCUT2D eigenvalue weighted by Crippen LogP contribution is 2.47. The van der Waals surface area contributed by atoms with Crippen LogP contribution in [-0.2, 0) is 23.1 Å². The third-order valence-electron chi connectivity index (χ3n) is 2.15. The summed E-state index contributed by atoms with van der Waals surface area (Å²) in [4.78, 5) is 11.6. The Labute approximate surface area is 100 Å². The first-order chi connectivity index (χ1) is 8.00. The maximum absolute atomic E-state index is 11.7. The molecule has 6 heteroatoms. The molecule has 5 nitrogen and oxygen atoms in total. The van der Waals surface area contributed by atoms with E-state index in [4.69, 9.17) is 9.05 Å². The molecule has 1 aromatic rings. The average Bonchev–Trinajstić information content (AvgIpc) is 2.36. The van der Waals surface area contributed by atoms with E-state index in [0.717, 1.165) is 0 Å². The van der Waals surface area contributed by atoms with Crippen LogP contribution in [0.3, 0.4) is 0 Å². The van der Waals surface area contributed by atoms with Crippen LogP contribution in [0.1, 0.15) is 11.7 Å². The van der Waals surface area contributed by atoms with Crippen molar-refractivity contribution in [3.63, 3.8) is 0 Å². The van der Waals surface area contributed by atoms with E-state index in [0.29, 0.717) is 5.56 Å². The molecule has 0 saturated heterocycles. The van der Waals surface area contributed by atoms with E-state index in [9.17, 15) is 9.36 Å². The molecule has 0 aliphatic carbocycles. The Bertz CT molecular complexity index is 417. The predicted octanol–water partition coefficient (Wildman–Crippen LogP) is 2.39. The molecule has 94 valence electrons. The van der Waals surface area contributed by atoms with Crippen LogP contribution in [0.25, 0.3) is 0 Å². The number of rotatable bonds is 5. The Morgan fingerprint density at radius 1 is 1.24 bits per heavy atom. The van der Waals surface area contributed by atoms with Crippen LogP contribution in [0.5, 0.6) is 0 Å². The molecular weight excluding hydrogens is 243 g/mol. The van der Waals surface area contributed by atoms with Gasteiger partial charge in [-0.05, 0) is 5.56 Å². The van der Waals surface area contributed by atoms with Crippen molar-refractivity contribution in [1.82, 2.24) is 0 Å². The van der Waals surface area contributed by atoms with Gasteiger partial charge in [0, 0.05) is 13.8 Å². The lowest BCUT2D eigenvalue weighted by Gasteiger charge is -2.19. The number of esters is 1. The number of methoxy groups -OCH3 is 1. The number of benzene rings is 1. The van der Waals surface area contributed by atoms with Gasteiger partial charge in [-0.25, -0.2) is 4.79 Å². The predicted molar refractivity (Wildman–Crippen MR) is 62.8 cm³/mol. The molecule has 2 atom stereocenters. The first-order valence-corrected chi connectivity index (χ1v) is 6.93. The van der Waals surface area contributed by atoms with E-state index in [1.165, 1.54) is 20.9 Å². The Morgan fingerprint density at radius 2 is 1.82 bits per heavy atom. The summed E-state index contributed by atoms with van der Waals surface area (Å²) in [6.07, 6.45) is -1.04. The fourth-order valence-corrected chi connectivity index (χ4v) is 1.89. The monoisotopic (exact) mass is 258 g/mol. The lowest BCUT2D eigenvalue weighted by molar-refractivity contribution is -0.149. The molecule has 0 spiro atoms. The number of carbonyl (C=O) groups excluding carboxylic acids is 1. The van der Waals surface area contributed by atoms with Gasteiger partial charge in [-0.2, -0.15) is 0 Å². The minimum atomic E-state index is -3.26. The van der Waals surface area contributed by atoms with Crippen molar-refractivity contribution in [1.29, 1.82) is 0 Å². The van der Waals surface area contributed by atoms with Gasteiger partial charge in [0.25, 0.3) is 0 Å². The normalized spacial score (nSPS) is 15.9. The summed E-state index contributed by atoms with van der Waals surface area (Å²) in [7, 11) is -0.754. The summed E-state index contributed by atoms with van der Waals surface area (Å²) in [5, 5.41) is 0. The fourth-order valence-electron chi connectivity index (χ4n) is 1.21. The average molecular weight is 258 g/mol. The molecule has 0 fully saturated rings. The quantitative estimate of drug-likeness (QED) is 0.599. The molecule has 0 bridgehead atoms. The molecule has 1 aromatic carbocycles. The van der Waals surface area contributed by atoms with Crippen LogP contribution < -0.4 is 0 Å². The van der Waals surface area contributed by atoms with Crippen LogP contribution >= 0.6 is 7.60 Å². The fraction of sp³-hybridized carbons (Fsp3) is 0.364. The topological polar surface area (TPSA) is 61.8 Å². The van der Waals surface area contributed by atoms with Gasteiger partial charge in [0.05, 0.1) is 7.11 Å². The van der Waals surface area contributed by atoms with Crippen molar-refractivity contribution in [2.24, 2.45) is 0 Å². The molecule has 0 radical (unpaired) electrons. The molecule has 1 unspecified atom stereocenters. The second kappa shape index (κ2) is 5.96. The summed E-state index contributed by atoms with van der Waals surface area (Å²) >= 11 is 0. The van der Waals surface area contributed by atoms with Gasteiger partial charge in [-0.15, -0.1) is 0 Å². The Hall–Kier alpha value is -1.16. The highest BCUT2D eigenvalue weighted by Gasteiger charge is 2.29. The zero-order valence-electron chi connectivity index (χ0n) is 9.95. The molecular formula is C11H15O5P. The van der Waals surface area contributed by atoms with Crippen LogP contribution in [0.4, 0.5) is 0 Å². The van der Waals surface area contributed by atoms with Crippen molar-refractivity contribution in [2.45, 2.75) is 6.10 Å². The molecule has 0 saturated carbocycles. The number of ether oxygens (including phenoxy) is 1. The summed E-state index contributed by atoms with van der Waals surface area (Å²) in [6, 6.07) is 8.69. The van der Waals surface area contributed by atoms with E-state index in [1.807, 2.05) is 0 Å². The highest BCUT2D eigenvalue weighted by molar-refractivity contribution is 7.53. The summed E-state index contributed by atoms with van der Waals surface area (Å²) in [5.74, 6) is -0.615. The SMILES string of the molecule is COC(=O)[C@@H](OP(C)(=O)OC)c1ccccc1. The second-order valence-electron chi connectivity index (χ2n) is 3.37. The van der Waals surface area contributed by atoms with Gasteiger partial charge in [0.15, 0.2) is 6.10 Å². The van der Waals surface area contributed by atoms with Crippen LogP contribution in [0.15, 0.2) is 30.3 Å². The van der Waals surface area contributed by atoms with Crippen molar-refractivity contribution in [2.75, 3.05) is 20.9 Å². The van der Waals surface area contributed by atoms with Gasteiger partial charge in [-0.3, -0.25) is 9.09 Å². The molecule has 0 N–H and O–H groups in total. The van der Waals surface area contributed by atoms with Gasteiger partial charge in [0.1, 0.15) is 0 Å². The maximum atomic E-state index is 11.7. The smallest absolute Gasteiger partial charge is 0.340 e. The molecule has 17 heavy (non-hydrogen) atoms. The van der Waals surface area contributed by atoms with Gasteiger partial charge >= 0.3 is 13.6 Å². The molecule has 0 aromatic heterocycles.